The van der Waals surface area contributed by atoms with Crippen molar-refractivity contribution in [3.05, 3.63) is 0 Å². The minimum absolute atomic E-state index is 0. The van der Waals surface area contributed by atoms with E-state index < -0.39 is 0 Å². The first-order valence-corrected chi connectivity index (χ1v) is 1.91. The maximum absolute atomic E-state index is 2.18. The quantitative estimate of drug-likeness (QED) is 0.613. The maximum atomic E-state index is 2.18. The highest BCUT2D eigenvalue weighted by molar-refractivity contribution is 5.86. The van der Waals surface area contributed by atoms with Crippen molar-refractivity contribution in [3.8, 4) is 0 Å². The molecule has 0 saturated heterocycles. The van der Waals surface area contributed by atoms with Gasteiger partial charge in [-0.25, -0.2) is 0 Å². The van der Waals surface area contributed by atoms with Crippen LogP contribution in [0.25, 0.3) is 0 Å². The van der Waals surface area contributed by atoms with Crippen LogP contribution in [0, 0.1) is 0 Å². The topological polar surface area (TPSA) is 0 Å². The summed E-state index contributed by atoms with van der Waals surface area (Å²) in [6, 6.07) is 0. The highest BCUT2D eigenvalue weighted by Crippen LogP contribution is 1.76. The molecule has 0 N–H and O–H groups in total. The Hall–Kier alpha value is 1.16. The minimum atomic E-state index is 0. The lowest BCUT2D eigenvalue weighted by atomic mass is 10.4. The van der Waals surface area contributed by atoms with E-state index in [0.717, 1.165) is 0 Å². The molecule has 8 heavy (non-hydrogen) atoms. The van der Waals surface area contributed by atoms with E-state index in [0.29, 0.717) is 0 Å². The van der Waals surface area contributed by atoms with Gasteiger partial charge in [0.25, 0.3) is 0 Å². The molecule has 0 radical (unpaired) electrons. The predicted octanol–water partition coefficient (Wildman–Crippen LogP) is 3.49. The molecule has 0 atom stereocenters. The van der Waals surface area contributed by atoms with Gasteiger partial charge in [0.05, 0.1) is 0 Å². The van der Waals surface area contributed by atoms with Gasteiger partial charge in [-0.05, 0) is 0 Å². The van der Waals surface area contributed by atoms with Gasteiger partial charge in [-0.15, -0.1) is 49.6 Å². The van der Waals surface area contributed by atoms with E-state index in [4.69, 9.17) is 0 Å². The third-order valence-corrected chi connectivity index (χ3v) is 0.500. The highest BCUT2D eigenvalue weighted by atomic mass is 35.5. The molecule has 0 fully saturated rings. The zero-order chi connectivity index (χ0) is 3.41. The largest absolute Gasteiger partial charge is 0.147 e. The van der Waals surface area contributed by atoms with Crippen LogP contribution in [0.4, 0.5) is 0 Å². The third kappa shape index (κ3) is 58.2. The standard InChI is InChI=1S/C4H10.4ClH/c1-3-4-2;;;;/h3-4H2,1-2H3;4*1H. The van der Waals surface area contributed by atoms with Crippen molar-refractivity contribution in [1.29, 1.82) is 0 Å². The van der Waals surface area contributed by atoms with E-state index in [-0.39, 0.29) is 49.6 Å². The van der Waals surface area contributed by atoms with Crippen molar-refractivity contribution in [2.45, 2.75) is 26.7 Å². The molecule has 0 unspecified atom stereocenters. The van der Waals surface area contributed by atoms with Crippen LogP contribution < -0.4 is 0 Å². The molecule has 0 amide bonds. The van der Waals surface area contributed by atoms with Crippen LogP contribution in [0.5, 0.6) is 0 Å². The van der Waals surface area contributed by atoms with Crippen LogP contribution in [0.3, 0.4) is 0 Å². The zero-order valence-corrected chi connectivity index (χ0v) is 8.31. The van der Waals surface area contributed by atoms with Crippen molar-refractivity contribution in [1.82, 2.24) is 0 Å². The molecule has 0 saturated carbocycles. The second-order valence-corrected chi connectivity index (χ2v) is 1.000. The molecule has 0 aliphatic carbocycles. The Labute approximate surface area is 76.4 Å². The lowest BCUT2D eigenvalue weighted by Crippen LogP contribution is -1.47. The Bertz CT molecular complexity index is 10.0. The molecule has 0 nitrogen and oxygen atoms in total. The molecule has 0 aromatic rings. The van der Waals surface area contributed by atoms with Gasteiger partial charge in [-0.2, -0.15) is 0 Å². The van der Waals surface area contributed by atoms with E-state index in [1.165, 1.54) is 12.8 Å². The highest BCUT2D eigenvalue weighted by Gasteiger charge is 1.56. The summed E-state index contributed by atoms with van der Waals surface area (Å²) in [5.41, 5.74) is 0. The van der Waals surface area contributed by atoms with Crippen LogP contribution in [0.2, 0.25) is 0 Å². The first kappa shape index (κ1) is 35.2. The fourth-order valence-corrected chi connectivity index (χ4v) is 0. The lowest BCUT2D eigenvalue weighted by molar-refractivity contribution is 0.886. The van der Waals surface area contributed by atoms with Crippen molar-refractivity contribution < 1.29 is 0 Å². The second-order valence-electron chi connectivity index (χ2n) is 1.000. The molecule has 0 aromatic carbocycles. The van der Waals surface area contributed by atoms with Crippen LogP contribution >= 0.6 is 49.6 Å². The normalized spacial score (nSPS) is 3.75. The van der Waals surface area contributed by atoms with Crippen LogP contribution in [0.15, 0.2) is 0 Å². The monoisotopic (exact) mass is 202 g/mol. The van der Waals surface area contributed by atoms with Gasteiger partial charge in [0, 0.05) is 0 Å². The first-order valence-electron chi connectivity index (χ1n) is 1.91. The van der Waals surface area contributed by atoms with E-state index in [2.05, 4.69) is 13.8 Å². The van der Waals surface area contributed by atoms with E-state index in [9.17, 15) is 0 Å². The maximum Gasteiger partial charge on any atom is -0.0564 e. The average Bonchev–Trinajstić information content (AvgIpc) is 1.37. The van der Waals surface area contributed by atoms with Crippen molar-refractivity contribution >= 4 is 49.6 Å². The van der Waals surface area contributed by atoms with Crippen LogP contribution in [0.1, 0.15) is 26.7 Å². The summed E-state index contributed by atoms with van der Waals surface area (Å²) in [4.78, 5) is 0. The van der Waals surface area contributed by atoms with E-state index in [1.807, 2.05) is 0 Å². The van der Waals surface area contributed by atoms with Gasteiger partial charge in [-0.3, -0.25) is 0 Å². The molecule has 0 spiro atoms. The summed E-state index contributed by atoms with van der Waals surface area (Å²) in [6.45, 7) is 4.36. The minimum Gasteiger partial charge on any atom is -0.147 e. The molecule has 0 aliphatic heterocycles. The van der Waals surface area contributed by atoms with Gasteiger partial charge in [-0.1, -0.05) is 26.7 Å². The Kier molecular flexibility index (Phi) is 185. The van der Waals surface area contributed by atoms with E-state index in [1.54, 1.807) is 0 Å². The molecule has 0 heterocycles. The van der Waals surface area contributed by atoms with Gasteiger partial charge < -0.3 is 0 Å². The lowest BCUT2D eigenvalue weighted by Gasteiger charge is -1.68. The Balaban J connectivity index is -0.00000000750. The summed E-state index contributed by atoms with van der Waals surface area (Å²) in [7, 11) is 0. The molecule has 4 heteroatoms. The second kappa shape index (κ2) is 41.9. The number of unbranched alkanes of at least 4 members (excludes halogenated alkanes) is 1. The Morgan fingerprint density at radius 3 is 0.750 bits per heavy atom. The number of halogens is 4. The van der Waals surface area contributed by atoms with Crippen LogP contribution in [-0.2, 0) is 0 Å². The Morgan fingerprint density at radius 2 is 0.750 bits per heavy atom. The summed E-state index contributed by atoms with van der Waals surface area (Å²) < 4.78 is 0. The first-order chi connectivity index (χ1) is 1.91. The average molecular weight is 204 g/mol. The van der Waals surface area contributed by atoms with Gasteiger partial charge in [0.2, 0.25) is 0 Å². The summed E-state index contributed by atoms with van der Waals surface area (Å²) in [5.74, 6) is 0. The summed E-state index contributed by atoms with van der Waals surface area (Å²) >= 11 is 0. The number of rotatable bonds is 1. The Morgan fingerprint density at radius 1 is 0.625 bits per heavy atom. The van der Waals surface area contributed by atoms with Crippen LogP contribution in [-0.4, -0.2) is 0 Å². The molecular formula is C4H14Cl4. The van der Waals surface area contributed by atoms with Crippen molar-refractivity contribution in [3.63, 3.8) is 0 Å². The molecular weight excluding hydrogens is 190 g/mol. The predicted molar refractivity (Wildman–Crippen MR) is 49.6 cm³/mol. The zero-order valence-electron chi connectivity index (χ0n) is 5.05. The third-order valence-electron chi connectivity index (χ3n) is 0.500. The van der Waals surface area contributed by atoms with Gasteiger partial charge >= 0.3 is 0 Å². The molecule has 0 rings (SSSR count). The number of hydrogen-bond donors (Lipinski definition) is 0. The fraction of sp³-hybridized carbons (Fsp3) is 1.00. The van der Waals surface area contributed by atoms with Crippen molar-refractivity contribution in [2.24, 2.45) is 0 Å². The summed E-state index contributed by atoms with van der Waals surface area (Å²) in [6.07, 6.45) is 2.64. The molecule has 0 aliphatic rings. The summed E-state index contributed by atoms with van der Waals surface area (Å²) in [5, 5.41) is 0. The molecule has 0 aromatic heterocycles. The SMILES string of the molecule is CCCC.Cl.Cl.Cl.Cl. The van der Waals surface area contributed by atoms with Gasteiger partial charge in [0.1, 0.15) is 0 Å². The fourth-order valence-electron chi connectivity index (χ4n) is 0. The number of hydrogen-bond acceptors (Lipinski definition) is 0. The molecule has 58 valence electrons. The molecule has 0 bridgehead atoms. The van der Waals surface area contributed by atoms with Gasteiger partial charge in [0.15, 0.2) is 0 Å². The van der Waals surface area contributed by atoms with E-state index >= 15 is 0 Å². The smallest absolute Gasteiger partial charge is 0.0564 e. The van der Waals surface area contributed by atoms with Crippen molar-refractivity contribution in [2.75, 3.05) is 0 Å².